The minimum atomic E-state index is -1.14. The topological polar surface area (TPSA) is 89.4 Å². The first kappa shape index (κ1) is 15.1. The number of ether oxygens (including phenoxy) is 1. The van der Waals surface area contributed by atoms with Crippen molar-refractivity contribution in [3.63, 3.8) is 0 Å². The highest BCUT2D eigenvalue weighted by Gasteiger charge is 2.22. The van der Waals surface area contributed by atoms with Gasteiger partial charge >= 0.3 is 11.9 Å². The van der Waals surface area contributed by atoms with Gasteiger partial charge in [0, 0.05) is 5.56 Å². The summed E-state index contributed by atoms with van der Waals surface area (Å²) >= 11 is 0.914. The maximum Gasteiger partial charge on any atom is 0.367 e. The smallest absolute Gasteiger partial charge is 0.367 e. The average Bonchev–Trinajstić information content (AvgIpc) is 2.86. The number of aromatic nitrogens is 2. The van der Waals surface area contributed by atoms with E-state index in [9.17, 15) is 9.59 Å². The number of aromatic carboxylic acids is 1. The number of carbonyl (C=O) groups excluding carboxylic acids is 1. The van der Waals surface area contributed by atoms with Crippen molar-refractivity contribution >= 4 is 23.3 Å². The number of nitrogens with zero attached hydrogens (tertiary/aromatic N) is 2. The van der Waals surface area contributed by atoms with E-state index in [1.165, 1.54) is 0 Å². The highest BCUT2D eigenvalue weighted by molar-refractivity contribution is 7.16. The molecule has 0 atom stereocenters. The molecular formula is C14H14N2O4S. The molecule has 0 aliphatic heterocycles. The minimum absolute atomic E-state index is 0.121. The maximum absolute atomic E-state index is 12.2. The number of hydrogen-bond donors (Lipinski definition) is 1. The van der Waals surface area contributed by atoms with Crippen LogP contribution in [0.4, 0.5) is 0 Å². The molecule has 0 fully saturated rings. The van der Waals surface area contributed by atoms with Crippen LogP contribution in [0.1, 0.15) is 40.9 Å². The summed E-state index contributed by atoms with van der Waals surface area (Å²) in [5, 5.41) is 16.6. The lowest BCUT2D eigenvalue weighted by molar-refractivity contribution is 0.00702. The normalized spacial score (nSPS) is 11.2. The van der Waals surface area contributed by atoms with Crippen LogP contribution < -0.4 is 0 Å². The Kier molecular flexibility index (Phi) is 4.04. The second-order valence-corrected chi connectivity index (χ2v) is 6.24. The van der Waals surface area contributed by atoms with Gasteiger partial charge in [0.05, 0.1) is 5.56 Å². The molecule has 0 radical (unpaired) electrons. The van der Waals surface area contributed by atoms with Gasteiger partial charge in [-0.2, -0.15) is 0 Å². The van der Waals surface area contributed by atoms with Gasteiger partial charge in [0.1, 0.15) is 10.6 Å². The molecule has 0 aliphatic carbocycles. The van der Waals surface area contributed by atoms with Gasteiger partial charge in [-0.15, -0.1) is 10.2 Å². The van der Waals surface area contributed by atoms with Crippen molar-refractivity contribution in [2.45, 2.75) is 26.4 Å². The predicted molar refractivity (Wildman–Crippen MR) is 77.5 cm³/mol. The van der Waals surface area contributed by atoms with Crippen molar-refractivity contribution in [1.29, 1.82) is 0 Å². The molecule has 7 heteroatoms. The van der Waals surface area contributed by atoms with Crippen molar-refractivity contribution in [3.05, 3.63) is 34.8 Å². The molecule has 0 unspecified atom stereocenters. The molecule has 6 nitrogen and oxygen atoms in total. The molecule has 2 aromatic rings. The summed E-state index contributed by atoms with van der Waals surface area (Å²) in [6.45, 7) is 5.34. The predicted octanol–water partition coefficient (Wildman–Crippen LogP) is 2.86. The van der Waals surface area contributed by atoms with E-state index >= 15 is 0 Å². The quantitative estimate of drug-likeness (QED) is 0.877. The third kappa shape index (κ3) is 3.63. The number of rotatable bonds is 3. The Morgan fingerprint density at radius 1 is 1.19 bits per heavy atom. The molecule has 0 amide bonds. The number of carbonyl (C=O) groups is 2. The van der Waals surface area contributed by atoms with E-state index in [0.717, 1.165) is 11.3 Å². The average molecular weight is 306 g/mol. The molecule has 0 bridgehead atoms. The summed E-state index contributed by atoms with van der Waals surface area (Å²) in [5.41, 5.74) is 0.231. The first-order valence-electron chi connectivity index (χ1n) is 6.17. The Bertz CT molecular complexity index is 688. The molecule has 1 heterocycles. The van der Waals surface area contributed by atoms with Gasteiger partial charge in [0.15, 0.2) is 0 Å². The van der Waals surface area contributed by atoms with Gasteiger partial charge < -0.3 is 9.84 Å². The molecule has 0 spiro atoms. The van der Waals surface area contributed by atoms with Gasteiger partial charge in [-0.1, -0.05) is 29.5 Å². The van der Waals surface area contributed by atoms with Crippen LogP contribution in [0, 0.1) is 0 Å². The van der Waals surface area contributed by atoms with Gasteiger partial charge in [-0.05, 0) is 26.8 Å². The Morgan fingerprint density at radius 2 is 1.86 bits per heavy atom. The van der Waals surface area contributed by atoms with Gasteiger partial charge in [0.2, 0.25) is 5.01 Å². The van der Waals surface area contributed by atoms with E-state index in [1.54, 1.807) is 45.0 Å². The lowest BCUT2D eigenvalue weighted by atomic mass is 10.1. The van der Waals surface area contributed by atoms with Crippen LogP contribution in [0.5, 0.6) is 0 Å². The van der Waals surface area contributed by atoms with Crippen LogP contribution in [0.15, 0.2) is 24.3 Å². The van der Waals surface area contributed by atoms with Crippen molar-refractivity contribution in [2.75, 3.05) is 0 Å². The van der Waals surface area contributed by atoms with Crippen LogP contribution in [-0.4, -0.2) is 32.8 Å². The molecule has 1 aromatic heterocycles. The zero-order valence-corrected chi connectivity index (χ0v) is 12.6. The standard InChI is InChI=1S/C14H14N2O4S/c1-14(2,3)20-13(19)9-7-5-4-6-8(9)10-15-16-11(21-10)12(17)18/h4-7H,1-3H3,(H,17,18). The Morgan fingerprint density at radius 3 is 2.43 bits per heavy atom. The lowest BCUT2D eigenvalue weighted by Gasteiger charge is -2.20. The highest BCUT2D eigenvalue weighted by atomic mass is 32.1. The Labute approximate surface area is 125 Å². The van der Waals surface area contributed by atoms with Crippen LogP contribution in [0.3, 0.4) is 0 Å². The second-order valence-electron chi connectivity index (χ2n) is 5.26. The molecule has 0 saturated heterocycles. The summed E-state index contributed by atoms with van der Waals surface area (Å²) in [4.78, 5) is 23.1. The monoisotopic (exact) mass is 306 g/mol. The summed E-state index contributed by atoms with van der Waals surface area (Å²) in [6, 6.07) is 6.75. The number of carboxylic acid groups (broad SMARTS) is 1. The van der Waals surface area contributed by atoms with E-state index in [1.807, 2.05) is 0 Å². The van der Waals surface area contributed by atoms with E-state index in [2.05, 4.69) is 10.2 Å². The molecule has 1 N–H and O–H groups in total. The fourth-order valence-electron chi connectivity index (χ4n) is 1.60. The first-order valence-corrected chi connectivity index (χ1v) is 6.99. The Hall–Kier alpha value is -2.28. The summed E-state index contributed by atoms with van der Waals surface area (Å²) < 4.78 is 5.34. The Balaban J connectivity index is 2.40. The molecule has 110 valence electrons. The number of benzene rings is 1. The van der Waals surface area contributed by atoms with Crippen LogP contribution >= 0.6 is 11.3 Å². The molecule has 21 heavy (non-hydrogen) atoms. The van der Waals surface area contributed by atoms with Gasteiger partial charge in [-0.3, -0.25) is 0 Å². The molecule has 0 aliphatic rings. The molecule has 0 saturated carbocycles. The minimum Gasteiger partial charge on any atom is -0.476 e. The van der Waals surface area contributed by atoms with E-state index < -0.39 is 17.5 Å². The van der Waals surface area contributed by atoms with E-state index in [4.69, 9.17) is 9.84 Å². The zero-order chi connectivity index (χ0) is 15.6. The summed E-state index contributed by atoms with van der Waals surface area (Å²) in [7, 11) is 0. The van der Waals surface area contributed by atoms with Crippen molar-refractivity contribution in [3.8, 4) is 10.6 Å². The van der Waals surface area contributed by atoms with Crippen LogP contribution in [-0.2, 0) is 4.74 Å². The summed E-state index contributed by atoms with van der Waals surface area (Å²) in [6.07, 6.45) is 0. The first-order chi connectivity index (χ1) is 9.78. The third-order valence-corrected chi connectivity index (χ3v) is 3.33. The van der Waals surface area contributed by atoms with E-state index in [0.29, 0.717) is 16.1 Å². The molecular weight excluding hydrogens is 292 g/mol. The fourth-order valence-corrected chi connectivity index (χ4v) is 2.32. The van der Waals surface area contributed by atoms with Gasteiger partial charge in [0.25, 0.3) is 0 Å². The van der Waals surface area contributed by atoms with Crippen molar-refractivity contribution < 1.29 is 19.4 Å². The fraction of sp³-hybridized carbons (Fsp3) is 0.286. The summed E-state index contributed by atoms with van der Waals surface area (Å²) in [5.74, 6) is -1.63. The molecule has 1 aromatic carbocycles. The van der Waals surface area contributed by atoms with Crippen molar-refractivity contribution in [2.24, 2.45) is 0 Å². The number of carboxylic acids is 1. The SMILES string of the molecule is CC(C)(C)OC(=O)c1ccccc1-c1nnc(C(=O)O)s1. The second kappa shape index (κ2) is 5.61. The van der Waals surface area contributed by atoms with Crippen molar-refractivity contribution in [1.82, 2.24) is 10.2 Å². The van der Waals surface area contributed by atoms with E-state index in [-0.39, 0.29) is 5.01 Å². The zero-order valence-electron chi connectivity index (χ0n) is 11.8. The largest absolute Gasteiger partial charge is 0.476 e. The van der Waals surface area contributed by atoms with Gasteiger partial charge in [-0.25, -0.2) is 9.59 Å². The number of esters is 1. The lowest BCUT2D eigenvalue weighted by Crippen LogP contribution is -2.24. The maximum atomic E-state index is 12.2. The molecule has 2 rings (SSSR count). The number of hydrogen-bond acceptors (Lipinski definition) is 6. The van der Waals surface area contributed by atoms with Crippen LogP contribution in [0.2, 0.25) is 0 Å². The highest BCUT2D eigenvalue weighted by Crippen LogP contribution is 2.28. The third-order valence-electron chi connectivity index (χ3n) is 2.38. The van der Waals surface area contributed by atoms with Crippen LogP contribution in [0.25, 0.3) is 10.6 Å².